The van der Waals surface area contributed by atoms with Crippen molar-refractivity contribution in [2.45, 2.75) is 45.8 Å². The summed E-state index contributed by atoms with van der Waals surface area (Å²) in [6.45, 7) is 8.35. The minimum atomic E-state index is -0.958. The Morgan fingerprint density at radius 3 is 2.96 bits per heavy atom. The lowest BCUT2D eigenvalue weighted by atomic mass is 9.97. The van der Waals surface area contributed by atoms with E-state index in [1.54, 1.807) is 31.5 Å². The summed E-state index contributed by atoms with van der Waals surface area (Å²) in [4.78, 5) is 12.4. The van der Waals surface area contributed by atoms with Gasteiger partial charge in [0.2, 0.25) is 0 Å². The Bertz CT molecular complexity index is 912. The normalized spacial score (nSPS) is 18.6. The summed E-state index contributed by atoms with van der Waals surface area (Å²) in [5.74, 6) is 1.53. The molecule has 26 heavy (non-hydrogen) atoms. The van der Waals surface area contributed by atoms with Crippen LogP contribution in [0.2, 0.25) is 0 Å². The molecule has 3 aromatic rings. The fourth-order valence-corrected chi connectivity index (χ4v) is 4.46. The topological polar surface area (TPSA) is 80.0 Å². The van der Waals surface area contributed by atoms with Crippen LogP contribution in [0.15, 0.2) is 17.9 Å². The molecule has 4 heterocycles. The standard InChI is InChI=1S/C18H24N6OS/c1-12-10-26-17-15(12)16(19-11-20-17)23-6-4-5-13(7-23)8-24-9-14(21-22-24)18(2,3)25/h9-11,13,25H,4-8H2,1-3H3/t13-/m1/s1. The van der Waals surface area contributed by atoms with Crippen molar-refractivity contribution in [2.75, 3.05) is 18.0 Å². The van der Waals surface area contributed by atoms with Gasteiger partial charge >= 0.3 is 0 Å². The van der Waals surface area contributed by atoms with Crippen LogP contribution in [0.5, 0.6) is 0 Å². The van der Waals surface area contributed by atoms with Crippen LogP contribution in [0.1, 0.15) is 37.9 Å². The number of aromatic nitrogens is 5. The van der Waals surface area contributed by atoms with Crippen LogP contribution in [-0.4, -0.2) is 43.2 Å². The Morgan fingerprint density at radius 1 is 1.35 bits per heavy atom. The fraction of sp³-hybridized carbons (Fsp3) is 0.556. The second-order valence-electron chi connectivity index (χ2n) is 7.64. The monoisotopic (exact) mass is 372 g/mol. The number of anilines is 1. The first-order valence-corrected chi connectivity index (χ1v) is 9.86. The molecule has 0 aliphatic carbocycles. The van der Waals surface area contributed by atoms with Crippen LogP contribution in [-0.2, 0) is 12.1 Å². The van der Waals surface area contributed by atoms with Gasteiger partial charge in [-0.3, -0.25) is 4.68 Å². The van der Waals surface area contributed by atoms with Crippen LogP contribution in [0, 0.1) is 12.8 Å². The predicted molar refractivity (Wildman–Crippen MR) is 102 cm³/mol. The van der Waals surface area contributed by atoms with Crippen molar-refractivity contribution in [2.24, 2.45) is 5.92 Å². The van der Waals surface area contributed by atoms with Gasteiger partial charge in [-0.15, -0.1) is 16.4 Å². The van der Waals surface area contributed by atoms with Gasteiger partial charge < -0.3 is 10.0 Å². The molecule has 1 aliphatic heterocycles. The first-order chi connectivity index (χ1) is 12.4. The number of thiophene rings is 1. The number of hydrogen-bond acceptors (Lipinski definition) is 7. The Morgan fingerprint density at radius 2 is 2.19 bits per heavy atom. The van der Waals surface area contributed by atoms with E-state index in [4.69, 9.17) is 0 Å². The van der Waals surface area contributed by atoms with Crippen molar-refractivity contribution < 1.29 is 5.11 Å². The van der Waals surface area contributed by atoms with Gasteiger partial charge in [-0.2, -0.15) is 0 Å². The van der Waals surface area contributed by atoms with Crippen molar-refractivity contribution in [3.63, 3.8) is 0 Å². The zero-order valence-electron chi connectivity index (χ0n) is 15.4. The molecule has 0 aromatic carbocycles. The number of aryl methyl sites for hydroxylation is 1. The molecule has 0 saturated carbocycles. The molecule has 0 bridgehead atoms. The summed E-state index contributed by atoms with van der Waals surface area (Å²) < 4.78 is 1.85. The third-order valence-corrected chi connectivity index (χ3v) is 5.97. The molecule has 3 aromatic heterocycles. The molecule has 0 radical (unpaired) electrons. The zero-order chi connectivity index (χ0) is 18.3. The van der Waals surface area contributed by atoms with Crippen molar-refractivity contribution in [1.82, 2.24) is 25.0 Å². The summed E-state index contributed by atoms with van der Waals surface area (Å²) in [6, 6.07) is 0. The Hall–Kier alpha value is -2.06. The number of nitrogens with zero attached hydrogens (tertiary/aromatic N) is 6. The highest BCUT2D eigenvalue weighted by Gasteiger charge is 2.25. The van der Waals surface area contributed by atoms with E-state index >= 15 is 0 Å². The van der Waals surface area contributed by atoms with Crippen molar-refractivity contribution in [3.8, 4) is 0 Å². The Kier molecular flexibility index (Phi) is 4.40. The maximum Gasteiger partial charge on any atom is 0.141 e. The molecule has 7 nitrogen and oxygen atoms in total. The van der Waals surface area contributed by atoms with Crippen LogP contribution in [0.3, 0.4) is 0 Å². The lowest BCUT2D eigenvalue weighted by Crippen LogP contribution is -2.37. The molecule has 1 aliphatic rings. The highest BCUT2D eigenvalue weighted by Crippen LogP contribution is 2.33. The lowest BCUT2D eigenvalue weighted by Gasteiger charge is -2.33. The summed E-state index contributed by atoms with van der Waals surface area (Å²) in [5.41, 5.74) is 0.894. The minimum Gasteiger partial charge on any atom is -0.384 e. The van der Waals surface area contributed by atoms with Gasteiger partial charge in [0, 0.05) is 19.6 Å². The molecule has 0 unspecified atom stereocenters. The van der Waals surface area contributed by atoms with E-state index in [0.717, 1.165) is 43.1 Å². The molecule has 0 amide bonds. The largest absolute Gasteiger partial charge is 0.384 e. The number of rotatable bonds is 4. The molecule has 1 atom stereocenters. The fourth-order valence-electron chi connectivity index (χ4n) is 3.58. The van der Waals surface area contributed by atoms with Crippen LogP contribution in [0.25, 0.3) is 10.2 Å². The average molecular weight is 372 g/mol. The molecule has 4 rings (SSSR count). The zero-order valence-corrected chi connectivity index (χ0v) is 16.2. The van der Waals surface area contributed by atoms with Gasteiger partial charge in [0.15, 0.2) is 0 Å². The maximum atomic E-state index is 10.1. The van der Waals surface area contributed by atoms with Gasteiger partial charge in [0.05, 0.1) is 11.6 Å². The SMILES string of the molecule is Cc1csc2ncnc(N3CCC[C@@H](Cn4cc(C(C)(C)O)nn4)C3)c12. The third-order valence-electron chi connectivity index (χ3n) is 4.96. The number of fused-ring (bicyclic) bond motifs is 1. The highest BCUT2D eigenvalue weighted by atomic mass is 32.1. The van der Waals surface area contributed by atoms with E-state index in [2.05, 4.69) is 37.5 Å². The molecule has 1 saturated heterocycles. The quantitative estimate of drug-likeness (QED) is 0.758. The van der Waals surface area contributed by atoms with Crippen molar-refractivity contribution >= 4 is 27.4 Å². The third kappa shape index (κ3) is 3.31. The smallest absolute Gasteiger partial charge is 0.141 e. The van der Waals surface area contributed by atoms with Crippen LogP contribution >= 0.6 is 11.3 Å². The average Bonchev–Trinajstić information content (AvgIpc) is 3.22. The minimum absolute atomic E-state index is 0.476. The van der Waals surface area contributed by atoms with Crippen molar-refractivity contribution in [3.05, 3.63) is 29.2 Å². The summed E-state index contributed by atoms with van der Waals surface area (Å²) in [7, 11) is 0. The molecule has 8 heteroatoms. The van der Waals surface area contributed by atoms with E-state index < -0.39 is 5.60 Å². The molecule has 0 spiro atoms. The first-order valence-electron chi connectivity index (χ1n) is 8.98. The van der Waals surface area contributed by atoms with Crippen molar-refractivity contribution in [1.29, 1.82) is 0 Å². The van der Waals surface area contributed by atoms with Crippen LogP contribution < -0.4 is 4.90 Å². The van der Waals surface area contributed by atoms with Gasteiger partial charge in [0.1, 0.15) is 28.3 Å². The van der Waals surface area contributed by atoms with E-state index in [0.29, 0.717) is 11.6 Å². The van der Waals surface area contributed by atoms with Crippen LogP contribution in [0.4, 0.5) is 5.82 Å². The van der Waals surface area contributed by atoms with E-state index in [1.807, 2.05) is 10.9 Å². The van der Waals surface area contributed by atoms with E-state index in [-0.39, 0.29) is 0 Å². The number of aliphatic hydroxyl groups is 1. The Labute approximate surface area is 156 Å². The predicted octanol–water partition coefficient (Wildman–Crippen LogP) is 2.74. The van der Waals surface area contributed by atoms with E-state index in [1.165, 1.54) is 10.9 Å². The summed E-state index contributed by atoms with van der Waals surface area (Å²) in [6.07, 6.45) is 5.81. The van der Waals surface area contributed by atoms with Gasteiger partial charge in [-0.25, -0.2) is 9.97 Å². The Balaban J connectivity index is 1.52. The van der Waals surface area contributed by atoms with Gasteiger partial charge in [-0.1, -0.05) is 5.21 Å². The van der Waals surface area contributed by atoms with Gasteiger partial charge in [0.25, 0.3) is 0 Å². The highest BCUT2D eigenvalue weighted by molar-refractivity contribution is 7.17. The molecule has 1 fully saturated rings. The van der Waals surface area contributed by atoms with Gasteiger partial charge in [-0.05, 0) is 50.5 Å². The van der Waals surface area contributed by atoms with E-state index in [9.17, 15) is 5.11 Å². The molecular weight excluding hydrogens is 348 g/mol. The second kappa shape index (κ2) is 6.59. The second-order valence-corrected chi connectivity index (χ2v) is 8.49. The lowest BCUT2D eigenvalue weighted by molar-refractivity contribution is 0.0737. The molecule has 1 N–H and O–H groups in total. The molecule has 138 valence electrons. The molecular formula is C18H24N6OS. The summed E-state index contributed by atoms with van der Waals surface area (Å²) in [5, 5.41) is 21.7. The number of piperidine rings is 1. The first kappa shape index (κ1) is 17.4. The summed E-state index contributed by atoms with van der Waals surface area (Å²) >= 11 is 1.68. The number of hydrogen-bond donors (Lipinski definition) is 1. The maximum absolute atomic E-state index is 10.1.